The van der Waals surface area contributed by atoms with Crippen LogP contribution < -0.4 is 4.74 Å². The van der Waals surface area contributed by atoms with Crippen molar-refractivity contribution in [3.63, 3.8) is 0 Å². The van der Waals surface area contributed by atoms with Crippen LogP contribution in [0.2, 0.25) is 0 Å². The first-order valence-electron chi connectivity index (χ1n) is 7.73. The lowest BCUT2D eigenvalue weighted by Crippen LogP contribution is -2.27. The van der Waals surface area contributed by atoms with Crippen LogP contribution >= 0.6 is 0 Å². The van der Waals surface area contributed by atoms with Crippen molar-refractivity contribution in [2.75, 3.05) is 6.61 Å². The zero-order valence-corrected chi connectivity index (χ0v) is 12.4. The average Bonchev–Trinajstić information content (AvgIpc) is 3.07. The molecule has 0 amide bonds. The van der Waals surface area contributed by atoms with E-state index in [9.17, 15) is 4.79 Å². The first-order valence-corrected chi connectivity index (χ1v) is 7.73. The highest BCUT2D eigenvalue weighted by Crippen LogP contribution is 2.43. The summed E-state index contributed by atoms with van der Waals surface area (Å²) in [5, 5.41) is 9.02. The zero-order valence-electron chi connectivity index (χ0n) is 12.4. The monoisotopic (exact) mass is 290 g/mol. The molecule has 0 aromatic heterocycles. The summed E-state index contributed by atoms with van der Waals surface area (Å²) >= 11 is 0. The van der Waals surface area contributed by atoms with E-state index in [0.29, 0.717) is 17.9 Å². The van der Waals surface area contributed by atoms with Crippen molar-refractivity contribution >= 4 is 5.97 Å². The molecule has 3 rings (SSSR count). The SMILES string of the molecule is Cc1cc(OCC2CCC3(CCCC3)O2)ccc1C(=O)O. The summed E-state index contributed by atoms with van der Waals surface area (Å²) in [7, 11) is 0. The summed E-state index contributed by atoms with van der Waals surface area (Å²) < 4.78 is 12.0. The number of carbonyl (C=O) groups is 1. The van der Waals surface area contributed by atoms with Crippen LogP contribution in [-0.4, -0.2) is 29.4 Å². The molecule has 1 aliphatic heterocycles. The topological polar surface area (TPSA) is 55.8 Å². The summed E-state index contributed by atoms with van der Waals surface area (Å²) in [4.78, 5) is 11.0. The number of carboxylic acids is 1. The lowest BCUT2D eigenvalue weighted by molar-refractivity contribution is -0.0508. The maximum atomic E-state index is 11.0. The quantitative estimate of drug-likeness (QED) is 0.921. The Morgan fingerprint density at radius 3 is 2.81 bits per heavy atom. The molecular formula is C17H22O4. The number of hydrogen-bond acceptors (Lipinski definition) is 3. The Morgan fingerprint density at radius 2 is 2.14 bits per heavy atom. The predicted octanol–water partition coefficient (Wildman–Crippen LogP) is 3.56. The molecule has 21 heavy (non-hydrogen) atoms. The van der Waals surface area contributed by atoms with Crippen molar-refractivity contribution in [2.45, 2.75) is 57.2 Å². The van der Waals surface area contributed by atoms with Crippen LogP contribution in [0.5, 0.6) is 5.75 Å². The van der Waals surface area contributed by atoms with Crippen LogP contribution in [0, 0.1) is 6.92 Å². The molecule has 1 atom stereocenters. The van der Waals surface area contributed by atoms with Gasteiger partial charge in [0, 0.05) is 0 Å². The third-order valence-corrected chi connectivity index (χ3v) is 4.72. The molecule has 0 radical (unpaired) electrons. The van der Waals surface area contributed by atoms with Crippen molar-refractivity contribution in [2.24, 2.45) is 0 Å². The number of aromatic carboxylic acids is 1. The van der Waals surface area contributed by atoms with Gasteiger partial charge >= 0.3 is 5.97 Å². The first-order chi connectivity index (χ1) is 10.1. The maximum absolute atomic E-state index is 11.0. The molecule has 1 unspecified atom stereocenters. The molecule has 2 aliphatic rings. The Labute approximate surface area is 125 Å². The first kappa shape index (κ1) is 14.4. The third kappa shape index (κ3) is 3.05. The highest BCUT2D eigenvalue weighted by Gasteiger charge is 2.42. The number of carboxylic acid groups (broad SMARTS) is 1. The summed E-state index contributed by atoms with van der Waals surface area (Å²) in [6, 6.07) is 5.10. The van der Waals surface area contributed by atoms with Crippen LogP contribution in [0.1, 0.15) is 54.4 Å². The minimum atomic E-state index is -0.902. The van der Waals surface area contributed by atoms with Gasteiger partial charge in [-0.15, -0.1) is 0 Å². The molecule has 1 aromatic rings. The van der Waals surface area contributed by atoms with Gasteiger partial charge in [-0.1, -0.05) is 12.8 Å². The normalized spacial score (nSPS) is 23.6. The number of benzene rings is 1. The van der Waals surface area contributed by atoms with E-state index in [0.717, 1.165) is 18.4 Å². The van der Waals surface area contributed by atoms with E-state index >= 15 is 0 Å². The van der Waals surface area contributed by atoms with Crippen LogP contribution in [0.15, 0.2) is 18.2 Å². The van der Waals surface area contributed by atoms with E-state index in [1.54, 1.807) is 25.1 Å². The number of aryl methyl sites for hydroxylation is 1. The largest absolute Gasteiger partial charge is 0.491 e. The molecule has 0 bridgehead atoms. The van der Waals surface area contributed by atoms with Crippen LogP contribution in [0.25, 0.3) is 0 Å². The molecular weight excluding hydrogens is 268 g/mol. The molecule has 1 N–H and O–H groups in total. The van der Waals surface area contributed by atoms with Gasteiger partial charge in [-0.3, -0.25) is 0 Å². The van der Waals surface area contributed by atoms with Crippen molar-refractivity contribution in [3.05, 3.63) is 29.3 Å². The Bertz CT molecular complexity index is 532. The fourth-order valence-corrected chi connectivity index (χ4v) is 3.56. The van der Waals surface area contributed by atoms with Gasteiger partial charge in [-0.25, -0.2) is 4.79 Å². The molecule has 114 valence electrons. The minimum Gasteiger partial charge on any atom is -0.491 e. The Morgan fingerprint density at radius 1 is 1.38 bits per heavy atom. The number of hydrogen-bond donors (Lipinski definition) is 1. The lowest BCUT2D eigenvalue weighted by atomic mass is 9.98. The van der Waals surface area contributed by atoms with Crippen molar-refractivity contribution < 1.29 is 19.4 Å². The van der Waals surface area contributed by atoms with Crippen molar-refractivity contribution in [3.8, 4) is 5.75 Å². The minimum absolute atomic E-state index is 0.136. The van der Waals surface area contributed by atoms with Crippen LogP contribution in [-0.2, 0) is 4.74 Å². The smallest absolute Gasteiger partial charge is 0.335 e. The predicted molar refractivity (Wildman–Crippen MR) is 78.9 cm³/mol. The van der Waals surface area contributed by atoms with Crippen LogP contribution in [0.3, 0.4) is 0 Å². The van der Waals surface area contributed by atoms with E-state index in [-0.39, 0.29) is 11.7 Å². The number of ether oxygens (including phenoxy) is 2. The van der Waals surface area contributed by atoms with Crippen molar-refractivity contribution in [1.29, 1.82) is 0 Å². The van der Waals surface area contributed by atoms with Gasteiger partial charge in [-0.2, -0.15) is 0 Å². The molecule has 2 fully saturated rings. The molecule has 1 aromatic carbocycles. The molecule has 1 saturated heterocycles. The van der Waals surface area contributed by atoms with E-state index in [1.807, 2.05) is 0 Å². The lowest BCUT2D eigenvalue weighted by Gasteiger charge is -2.23. The summed E-state index contributed by atoms with van der Waals surface area (Å²) in [5.74, 6) is -0.185. The van der Waals surface area contributed by atoms with Crippen LogP contribution in [0.4, 0.5) is 0 Å². The Balaban J connectivity index is 1.56. The molecule has 4 nitrogen and oxygen atoms in total. The molecule has 1 saturated carbocycles. The summed E-state index contributed by atoms with van der Waals surface area (Å²) in [6.45, 7) is 2.34. The second-order valence-electron chi connectivity index (χ2n) is 6.26. The van der Waals surface area contributed by atoms with Gasteiger partial charge in [0.2, 0.25) is 0 Å². The van der Waals surface area contributed by atoms with Gasteiger partial charge in [0.1, 0.15) is 12.4 Å². The van der Waals surface area contributed by atoms with Gasteiger partial charge < -0.3 is 14.6 Å². The Hall–Kier alpha value is -1.55. The highest BCUT2D eigenvalue weighted by molar-refractivity contribution is 5.89. The second kappa shape index (κ2) is 5.68. The summed E-state index contributed by atoms with van der Waals surface area (Å²) in [6.07, 6.45) is 7.32. The van der Waals surface area contributed by atoms with Gasteiger partial charge in [0.05, 0.1) is 17.3 Å². The highest BCUT2D eigenvalue weighted by atomic mass is 16.6. The fraction of sp³-hybridized carbons (Fsp3) is 0.588. The average molecular weight is 290 g/mol. The number of rotatable bonds is 4. The van der Waals surface area contributed by atoms with Gasteiger partial charge in [-0.05, 0) is 56.4 Å². The fourth-order valence-electron chi connectivity index (χ4n) is 3.56. The van der Waals surface area contributed by atoms with Gasteiger partial charge in [0.15, 0.2) is 0 Å². The molecule has 4 heteroatoms. The van der Waals surface area contributed by atoms with E-state index < -0.39 is 5.97 Å². The Kier molecular flexibility index (Phi) is 3.89. The van der Waals surface area contributed by atoms with Gasteiger partial charge in [0.25, 0.3) is 0 Å². The van der Waals surface area contributed by atoms with Crippen molar-refractivity contribution in [1.82, 2.24) is 0 Å². The summed E-state index contributed by atoms with van der Waals surface area (Å²) in [5.41, 5.74) is 1.18. The van der Waals surface area contributed by atoms with E-state index in [4.69, 9.17) is 14.6 Å². The van der Waals surface area contributed by atoms with E-state index in [1.165, 1.54) is 25.7 Å². The second-order valence-corrected chi connectivity index (χ2v) is 6.26. The molecule has 1 aliphatic carbocycles. The standard InChI is InChI=1S/C17H22O4/c1-12-10-13(4-5-15(12)16(18)19)20-11-14-6-9-17(21-14)7-2-3-8-17/h4-5,10,14H,2-3,6-9,11H2,1H3,(H,18,19). The molecule has 1 spiro atoms. The van der Waals surface area contributed by atoms with E-state index in [2.05, 4.69) is 0 Å². The zero-order chi connectivity index (χ0) is 14.9. The molecule has 1 heterocycles. The third-order valence-electron chi connectivity index (χ3n) is 4.72. The maximum Gasteiger partial charge on any atom is 0.335 e.